The Labute approximate surface area is 127 Å². The zero-order valence-corrected chi connectivity index (χ0v) is 13.7. The summed E-state index contributed by atoms with van der Waals surface area (Å²) < 4.78 is 0. The molecule has 2 aliphatic rings. The molecule has 0 radical (unpaired) electrons. The number of likely N-dealkylation sites (tertiary alicyclic amines) is 2. The van der Waals surface area contributed by atoms with E-state index in [0.29, 0.717) is 18.9 Å². The molecule has 2 fully saturated rings. The van der Waals surface area contributed by atoms with Gasteiger partial charge in [0, 0.05) is 19.6 Å². The largest absolute Gasteiger partial charge is 0.480 e. The summed E-state index contributed by atoms with van der Waals surface area (Å²) >= 11 is 0. The third-order valence-electron chi connectivity index (χ3n) is 5.32. The highest BCUT2D eigenvalue weighted by atomic mass is 16.4. The molecule has 2 heterocycles. The van der Waals surface area contributed by atoms with Gasteiger partial charge in [-0.25, -0.2) is 9.59 Å². The summed E-state index contributed by atoms with van der Waals surface area (Å²) in [5.74, 6) is -0.260. The van der Waals surface area contributed by atoms with E-state index in [1.165, 1.54) is 0 Å². The Morgan fingerprint density at radius 2 is 1.71 bits per heavy atom. The second-order valence-electron chi connectivity index (χ2n) is 7.74. The van der Waals surface area contributed by atoms with Crippen LogP contribution in [0.2, 0.25) is 0 Å². The number of carbonyl (C=O) groups is 2. The van der Waals surface area contributed by atoms with Crippen LogP contribution in [0.3, 0.4) is 0 Å². The van der Waals surface area contributed by atoms with Gasteiger partial charge in [-0.3, -0.25) is 0 Å². The maximum absolute atomic E-state index is 12.7. The van der Waals surface area contributed by atoms with Gasteiger partial charge in [0.05, 0.1) is 0 Å². The Bertz CT molecular complexity index is 422. The zero-order valence-electron chi connectivity index (χ0n) is 13.7. The van der Waals surface area contributed by atoms with Crippen molar-refractivity contribution in [3.05, 3.63) is 0 Å². The fourth-order valence-electron chi connectivity index (χ4n) is 3.60. The molecule has 5 heteroatoms. The monoisotopic (exact) mass is 296 g/mol. The van der Waals surface area contributed by atoms with Crippen LogP contribution in [0.4, 0.5) is 4.79 Å². The number of aliphatic carboxylic acids is 1. The molecule has 2 amide bonds. The van der Waals surface area contributed by atoms with Crippen LogP contribution in [0.25, 0.3) is 0 Å². The van der Waals surface area contributed by atoms with E-state index in [4.69, 9.17) is 0 Å². The van der Waals surface area contributed by atoms with Crippen molar-refractivity contribution in [3.63, 3.8) is 0 Å². The average molecular weight is 296 g/mol. The van der Waals surface area contributed by atoms with Crippen molar-refractivity contribution in [1.29, 1.82) is 0 Å². The van der Waals surface area contributed by atoms with E-state index < -0.39 is 11.5 Å². The molecule has 0 aromatic heterocycles. The van der Waals surface area contributed by atoms with Crippen molar-refractivity contribution in [2.24, 2.45) is 11.3 Å². The van der Waals surface area contributed by atoms with E-state index in [-0.39, 0.29) is 11.4 Å². The molecule has 0 spiro atoms. The molecule has 120 valence electrons. The van der Waals surface area contributed by atoms with Gasteiger partial charge >= 0.3 is 12.0 Å². The standard InChI is InChI=1S/C16H28N2O3/c1-15(2,3)12-6-10-17(11-7-12)14(21)18-9-5-8-16(18,4)13(19)20/h12H,5-11H2,1-4H3,(H,19,20). The van der Waals surface area contributed by atoms with Gasteiger partial charge in [-0.15, -0.1) is 0 Å². The molecule has 0 aromatic rings. The Balaban J connectivity index is 2.01. The van der Waals surface area contributed by atoms with Crippen molar-refractivity contribution < 1.29 is 14.7 Å². The smallest absolute Gasteiger partial charge is 0.329 e. The van der Waals surface area contributed by atoms with Crippen LogP contribution in [-0.4, -0.2) is 52.1 Å². The van der Waals surface area contributed by atoms with Crippen LogP contribution in [0.1, 0.15) is 53.4 Å². The second kappa shape index (κ2) is 5.50. The van der Waals surface area contributed by atoms with Gasteiger partial charge in [-0.1, -0.05) is 20.8 Å². The minimum absolute atomic E-state index is 0.0928. The number of hydrogen-bond acceptors (Lipinski definition) is 2. The SMILES string of the molecule is CC(C)(C)C1CCN(C(=O)N2CCCC2(C)C(=O)O)CC1. The number of urea groups is 1. The van der Waals surface area contributed by atoms with Gasteiger partial charge < -0.3 is 14.9 Å². The summed E-state index contributed by atoms with van der Waals surface area (Å²) in [6, 6.07) is -0.0928. The first-order valence-corrected chi connectivity index (χ1v) is 7.96. The lowest BCUT2D eigenvalue weighted by Crippen LogP contribution is -2.56. The number of rotatable bonds is 1. The number of carbonyl (C=O) groups excluding carboxylic acids is 1. The van der Waals surface area contributed by atoms with Gasteiger partial charge in [-0.05, 0) is 43.9 Å². The number of amides is 2. The van der Waals surface area contributed by atoms with Gasteiger partial charge in [-0.2, -0.15) is 0 Å². The van der Waals surface area contributed by atoms with Crippen LogP contribution in [0, 0.1) is 11.3 Å². The predicted molar refractivity (Wildman–Crippen MR) is 81.1 cm³/mol. The number of carboxylic acid groups (broad SMARTS) is 1. The molecule has 2 aliphatic heterocycles. The summed E-state index contributed by atoms with van der Waals surface area (Å²) in [4.78, 5) is 27.6. The molecule has 0 aliphatic carbocycles. The quantitative estimate of drug-likeness (QED) is 0.809. The molecule has 0 saturated carbocycles. The normalized spacial score (nSPS) is 28.0. The van der Waals surface area contributed by atoms with E-state index in [9.17, 15) is 14.7 Å². The van der Waals surface area contributed by atoms with Crippen molar-refractivity contribution in [3.8, 4) is 0 Å². The third kappa shape index (κ3) is 3.01. The van der Waals surface area contributed by atoms with E-state index in [1.54, 1.807) is 11.8 Å². The molecule has 1 N–H and O–H groups in total. The van der Waals surface area contributed by atoms with Crippen molar-refractivity contribution >= 4 is 12.0 Å². The van der Waals surface area contributed by atoms with Crippen molar-refractivity contribution in [2.45, 2.75) is 58.9 Å². The summed E-state index contributed by atoms with van der Waals surface area (Å²) in [5, 5.41) is 9.43. The van der Waals surface area contributed by atoms with Crippen LogP contribution < -0.4 is 0 Å². The Morgan fingerprint density at radius 1 is 1.14 bits per heavy atom. The molecule has 0 aromatic carbocycles. The molecule has 1 unspecified atom stereocenters. The van der Waals surface area contributed by atoms with E-state index in [0.717, 1.165) is 32.4 Å². The topological polar surface area (TPSA) is 60.9 Å². The van der Waals surface area contributed by atoms with E-state index in [1.807, 2.05) is 4.90 Å². The van der Waals surface area contributed by atoms with Gasteiger partial charge in [0.15, 0.2) is 0 Å². The van der Waals surface area contributed by atoms with E-state index in [2.05, 4.69) is 20.8 Å². The third-order valence-corrected chi connectivity index (χ3v) is 5.32. The summed E-state index contributed by atoms with van der Waals surface area (Å²) in [7, 11) is 0. The Hall–Kier alpha value is -1.26. The van der Waals surface area contributed by atoms with Crippen LogP contribution in [0.15, 0.2) is 0 Å². The number of carboxylic acids is 1. The summed E-state index contributed by atoms with van der Waals surface area (Å²) in [6.45, 7) is 10.5. The molecular weight excluding hydrogens is 268 g/mol. The Kier molecular flexibility index (Phi) is 4.22. The molecule has 21 heavy (non-hydrogen) atoms. The molecule has 2 saturated heterocycles. The lowest BCUT2D eigenvalue weighted by molar-refractivity contribution is -0.147. The predicted octanol–water partition coefficient (Wildman–Crippen LogP) is 2.80. The molecular formula is C16H28N2O3. The molecule has 5 nitrogen and oxygen atoms in total. The number of piperidine rings is 1. The molecule has 2 rings (SSSR count). The fourth-order valence-corrected chi connectivity index (χ4v) is 3.60. The summed E-state index contributed by atoms with van der Waals surface area (Å²) in [6.07, 6.45) is 3.33. The molecule has 0 bridgehead atoms. The van der Waals surface area contributed by atoms with Crippen LogP contribution in [-0.2, 0) is 4.79 Å². The van der Waals surface area contributed by atoms with Gasteiger partial charge in [0.2, 0.25) is 0 Å². The minimum Gasteiger partial charge on any atom is -0.480 e. The molecule has 1 atom stereocenters. The minimum atomic E-state index is -1.03. The lowest BCUT2D eigenvalue weighted by atomic mass is 9.75. The summed E-state index contributed by atoms with van der Waals surface area (Å²) in [5.41, 5.74) is -0.754. The highest BCUT2D eigenvalue weighted by Gasteiger charge is 2.47. The number of nitrogens with zero attached hydrogens (tertiary/aromatic N) is 2. The van der Waals surface area contributed by atoms with Crippen molar-refractivity contribution in [2.75, 3.05) is 19.6 Å². The maximum Gasteiger partial charge on any atom is 0.329 e. The second-order valence-corrected chi connectivity index (χ2v) is 7.74. The maximum atomic E-state index is 12.7. The van der Waals surface area contributed by atoms with Gasteiger partial charge in [0.1, 0.15) is 5.54 Å². The first kappa shape index (κ1) is 16.1. The number of hydrogen-bond donors (Lipinski definition) is 1. The van der Waals surface area contributed by atoms with Gasteiger partial charge in [0.25, 0.3) is 0 Å². The van der Waals surface area contributed by atoms with Crippen LogP contribution >= 0.6 is 0 Å². The van der Waals surface area contributed by atoms with Crippen molar-refractivity contribution in [1.82, 2.24) is 9.80 Å². The van der Waals surface area contributed by atoms with E-state index >= 15 is 0 Å². The van der Waals surface area contributed by atoms with Crippen LogP contribution in [0.5, 0.6) is 0 Å². The highest BCUT2D eigenvalue weighted by molar-refractivity contribution is 5.86. The highest BCUT2D eigenvalue weighted by Crippen LogP contribution is 2.36. The zero-order chi connectivity index (χ0) is 15.8. The lowest BCUT2D eigenvalue weighted by Gasteiger charge is -2.42. The Morgan fingerprint density at radius 3 is 2.19 bits per heavy atom. The first-order valence-electron chi connectivity index (χ1n) is 7.96. The average Bonchev–Trinajstić information content (AvgIpc) is 2.80. The first-order chi connectivity index (χ1) is 9.66. The fraction of sp³-hybridized carbons (Fsp3) is 0.875.